The van der Waals surface area contributed by atoms with Crippen LogP contribution in [-0.4, -0.2) is 28.6 Å². The second kappa shape index (κ2) is 5.82. The molecule has 0 bridgehead atoms. The Kier molecular flexibility index (Phi) is 4.34. The molecule has 0 amide bonds. The third-order valence-electron chi connectivity index (χ3n) is 3.76. The number of carboxylic acid groups (broad SMARTS) is 1. The maximum absolute atomic E-state index is 13.1. The lowest BCUT2D eigenvalue weighted by Gasteiger charge is -2.27. The maximum Gasteiger partial charge on any atom is 0.337 e. The second-order valence-corrected chi connectivity index (χ2v) is 6.22. The minimum atomic E-state index is -1.10. The van der Waals surface area contributed by atoms with E-state index < -0.39 is 11.8 Å². The van der Waals surface area contributed by atoms with E-state index in [1.165, 1.54) is 25.0 Å². The molecule has 0 radical (unpaired) electrons. The topological polar surface area (TPSA) is 49.3 Å². The molecule has 2 N–H and O–H groups in total. The Hall–Kier alpha value is -1.23. The van der Waals surface area contributed by atoms with Gasteiger partial charge in [0.25, 0.3) is 0 Å². The summed E-state index contributed by atoms with van der Waals surface area (Å²) < 4.78 is 13.3. The first-order chi connectivity index (χ1) is 9.06. The summed E-state index contributed by atoms with van der Waals surface area (Å²) in [5, 5.41) is 12.3. The summed E-state index contributed by atoms with van der Waals surface area (Å²) in [6.07, 6.45) is 6.82. The minimum Gasteiger partial charge on any atom is -0.478 e. The van der Waals surface area contributed by atoms with E-state index in [1.807, 2.05) is 11.8 Å². The zero-order valence-corrected chi connectivity index (χ0v) is 11.7. The van der Waals surface area contributed by atoms with Crippen molar-refractivity contribution in [3.8, 4) is 0 Å². The Morgan fingerprint density at radius 3 is 2.74 bits per heavy atom. The summed E-state index contributed by atoms with van der Waals surface area (Å²) in [7, 11) is 0. The fraction of sp³-hybridized carbons (Fsp3) is 0.500. The van der Waals surface area contributed by atoms with Crippen molar-refractivity contribution >= 4 is 23.4 Å². The molecule has 2 rings (SSSR count). The number of anilines is 1. The average Bonchev–Trinajstić information content (AvgIpc) is 2.86. The third-order valence-corrected chi connectivity index (χ3v) is 5.18. The largest absolute Gasteiger partial charge is 0.478 e. The van der Waals surface area contributed by atoms with Gasteiger partial charge in [-0.1, -0.05) is 12.8 Å². The molecule has 1 aliphatic rings. The fourth-order valence-corrected chi connectivity index (χ4v) is 3.49. The van der Waals surface area contributed by atoms with Crippen molar-refractivity contribution in [3.05, 3.63) is 29.6 Å². The summed E-state index contributed by atoms with van der Waals surface area (Å²) in [5.74, 6) is -1.63. The van der Waals surface area contributed by atoms with Crippen LogP contribution in [0.2, 0.25) is 0 Å². The van der Waals surface area contributed by atoms with Gasteiger partial charge in [-0.2, -0.15) is 11.8 Å². The maximum atomic E-state index is 13.1. The molecule has 0 spiro atoms. The quantitative estimate of drug-likeness (QED) is 0.866. The van der Waals surface area contributed by atoms with Crippen LogP contribution < -0.4 is 5.32 Å². The van der Waals surface area contributed by atoms with Gasteiger partial charge in [-0.25, -0.2) is 9.18 Å². The number of benzene rings is 1. The van der Waals surface area contributed by atoms with Crippen molar-refractivity contribution in [2.24, 2.45) is 0 Å². The molecule has 0 unspecified atom stereocenters. The molecule has 104 valence electrons. The standard InChI is InChI=1S/C14H18FNO2S/c1-19-14(6-2-3-7-14)9-16-12-5-4-10(15)8-11(12)13(17)18/h4-5,8,16H,2-3,6-7,9H2,1H3,(H,17,18). The molecule has 0 heterocycles. The predicted octanol–water partition coefficient (Wildman–Crippen LogP) is 3.61. The molecule has 1 aromatic rings. The molecular formula is C14H18FNO2S. The van der Waals surface area contributed by atoms with E-state index in [0.717, 1.165) is 25.5 Å². The highest BCUT2D eigenvalue weighted by Gasteiger charge is 2.32. The van der Waals surface area contributed by atoms with Gasteiger partial charge >= 0.3 is 5.97 Å². The first-order valence-corrected chi connectivity index (χ1v) is 7.61. The van der Waals surface area contributed by atoms with E-state index in [9.17, 15) is 9.18 Å². The number of nitrogens with one attached hydrogen (secondary N) is 1. The lowest BCUT2D eigenvalue weighted by molar-refractivity contribution is 0.0697. The van der Waals surface area contributed by atoms with Crippen LogP contribution in [0.1, 0.15) is 36.0 Å². The summed E-state index contributed by atoms with van der Waals surface area (Å²) >= 11 is 1.83. The number of halogens is 1. The van der Waals surface area contributed by atoms with Crippen LogP contribution >= 0.6 is 11.8 Å². The summed E-state index contributed by atoms with van der Waals surface area (Å²) in [5.41, 5.74) is 0.489. The monoisotopic (exact) mass is 283 g/mol. The molecule has 0 aliphatic heterocycles. The molecule has 1 aromatic carbocycles. The first-order valence-electron chi connectivity index (χ1n) is 6.38. The van der Waals surface area contributed by atoms with Crippen molar-refractivity contribution < 1.29 is 14.3 Å². The lowest BCUT2D eigenvalue weighted by atomic mass is 10.1. The summed E-state index contributed by atoms with van der Waals surface area (Å²) in [4.78, 5) is 11.1. The van der Waals surface area contributed by atoms with Gasteiger partial charge in [0.05, 0.1) is 5.56 Å². The van der Waals surface area contributed by atoms with Crippen LogP contribution in [0.5, 0.6) is 0 Å². The van der Waals surface area contributed by atoms with Gasteiger partial charge in [-0.05, 0) is 37.3 Å². The van der Waals surface area contributed by atoms with Gasteiger partial charge in [0.15, 0.2) is 0 Å². The molecule has 5 heteroatoms. The van der Waals surface area contributed by atoms with Gasteiger partial charge in [0.2, 0.25) is 0 Å². The Morgan fingerprint density at radius 1 is 1.47 bits per heavy atom. The van der Waals surface area contributed by atoms with Crippen molar-refractivity contribution in [2.75, 3.05) is 18.1 Å². The molecular weight excluding hydrogens is 265 g/mol. The Bertz CT molecular complexity index is 473. The number of hydrogen-bond donors (Lipinski definition) is 2. The number of thioether (sulfide) groups is 1. The Labute approximate surface area is 116 Å². The molecule has 1 saturated carbocycles. The van der Waals surface area contributed by atoms with Crippen LogP contribution in [-0.2, 0) is 0 Å². The second-order valence-electron chi connectivity index (χ2n) is 4.94. The van der Waals surface area contributed by atoms with Crippen LogP contribution in [0.3, 0.4) is 0 Å². The molecule has 0 saturated heterocycles. The fourth-order valence-electron chi connectivity index (χ4n) is 2.58. The molecule has 1 aliphatic carbocycles. The molecule has 19 heavy (non-hydrogen) atoms. The first kappa shape index (κ1) is 14.2. The van der Waals surface area contributed by atoms with Gasteiger partial charge in [0, 0.05) is 17.0 Å². The minimum absolute atomic E-state index is 0.00532. The van der Waals surface area contributed by atoms with E-state index in [-0.39, 0.29) is 10.3 Å². The van der Waals surface area contributed by atoms with E-state index in [1.54, 1.807) is 0 Å². The van der Waals surface area contributed by atoms with E-state index in [0.29, 0.717) is 5.69 Å². The number of carbonyl (C=O) groups is 1. The smallest absolute Gasteiger partial charge is 0.337 e. The average molecular weight is 283 g/mol. The number of hydrogen-bond acceptors (Lipinski definition) is 3. The zero-order valence-electron chi connectivity index (χ0n) is 10.9. The number of carboxylic acids is 1. The van der Waals surface area contributed by atoms with Crippen LogP contribution in [0.4, 0.5) is 10.1 Å². The third kappa shape index (κ3) is 3.21. The molecule has 3 nitrogen and oxygen atoms in total. The van der Waals surface area contributed by atoms with Crippen LogP contribution in [0, 0.1) is 5.82 Å². The normalized spacial score (nSPS) is 17.4. The SMILES string of the molecule is CSC1(CNc2ccc(F)cc2C(=O)O)CCCC1. The number of aromatic carboxylic acids is 1. The highest BCUT2D eigenvalue weighted by atomic mass is 32.2. The highest BCUT2D eigenvalue weighted by Crippen LogP contribution is 2.40. The Balaban J connectivity index is 2.13. The van der Waals surface area contributed by atoms with Crippen LogP contribution in [0.15, 0.2) is 18.2 Å². The van der Waals surface area contributed by atoms with Crippen molar-refractivity contribution in [3.63, 3.8) is 0 Å². The van der Waals surface area contributed by atoms with Crippen molar-refractivity contribution in [1.82, 2.24) is 0 Å². The predicted molar refractivity (Wildman–Crippen MR) is 76.6 cm³/mol. The number of rotatable bonds is 5. The van der Waals surface area contributed by atoms with Crippen molar-refractivity contribution in [2.45, 2.75) is 30.4 Å². The zero-order chi connectivity index (χ0) is 13.9. The molecule has 0 atom stereocenters. The van der Waals surface area contributed by atoms with E-state index in [2.05, 4.69) is 11.6 Å². The van der Waals surface area contributed by atoms with Crippen LogP contribution in [0.25, 0.3) is 0 Å². The van der Waals surface area contributed by atoms with Gasteiger partial charge in [-0.3, -0.25) is 0 Å². The van der Waals surface area contributed by atoms with Crippen molar-refractivity contribution in [1.29, 1.82) is 0 Å². The Morgan fingerprint density at radius 2 is 2.16 bits per heavy atom. The molecule has 0 aromatic heterocycles. The lowest BCUT2D eigenvalue weighted by Crippen LogP contribution is -2.30. The molecule has 1 fully saturated rings. The van der Waals surface area contributed by atoms with E-state index in [4.69, 9.17) is 5.11 Å². The van der Waals surface area contributed by atoms with Gasteiger partial charge < -0.3 is 10.4 Å². The van der Waals surface area contributed by atoms with E-state index >= 15 is 0 Å². The van der Waals surface area contributed by atoms with Gasteiger partial charge in [-0.15, -0.1) is 0 Å². The van der Waals surface area contributed by atoms with Gasteiger partial charge in [0.1, 0.15) is 5.82 Å². The summed E-state index contributed by atoms with van der Waals surface area (Å²) in [6.45, 7) is 0.722. The summed E-state index contributed by atoms with van der Waals surface area (Å²) in [6, 6.07) is 3.85. The highest BCUT2D eigenvalue weighted by molar-refractivity contribution is 8.00.